The molecule has 1 aromatic heterocycles. The molecule has 0 saturated heterocycles. The maximum absolute atomic E-state index is 6.36. The predicted octanol–water partition coefficient (Wildman–Crippen LogP) is 4.43. The van der Waals surface area contributed by atoms with Crippen LogP contribution in [0.25, 0.3) is 0 Å². The average molecular weight is 309 g/mol. The van der Waals surface area contributed by atoms with E-state index in [1.54, 1.807) is 11.3 Å². The topological polar surface area (TPSA) is 24.9 Å². The quantitative estimate of drug-likeness (QED) is 0.765. The SMILES string of the molecule is CCCNCC(Cc1csc(C)n1)c1ccccc1Cl. The number of nitrogens with one attached hydrogen (secondary N) is 1. The van der Waals surface area contributed by atoms with Gasteiger partial charge in [-0.1, -0.05) is 36.7 Å². The maximum Gasteiger partial charge on any atom is 0.0897 e. The highest BCUT2D eigenvalue weighted by Gasteiger charge is 2.16. The van der Waals surface area contributed by atoms with Crippen LogP contribution >= 0.6 is 22.9 Å². The van der Waals surface area contributed by atoms with E-state index in [2.05, 4.69) is 34.7 Å². The van der Waals surface area contributed by atoms with Gasteiger partial charge >= 0.3 is 0 Å². The molecule has 0 aliphatic carbocycles. The van der Waals surface area contributed by atoms with Crippen LogP contribution in [0.1, 0.15) is 35.5 Å². The minimum atomic E-state index is 0.372. The van der Waals surface area contributed by atoms with Crippen molar-refractivity contribution in [2.24, 2.45) is 0 Å². The van der Waals surface area contributed by atoms with Crippen molar-refractivity contribution in [3.05, 3.63) is 50.9 Å². The second kappa shape index (κ2) is 7.77. The Hall–Kier alpha value is -0.900. The Balaban J connectivity index is 2.13. The fourth-order valence-electron chi connectivity index (χ4n) is 2.31. The standard InChI is InChI=1S/C16H21ClN2S/c1-3-8-18-10-13(9-14-11-20-12(2)19-14)15-6-4-5-7-16(15)17/h4-7,11,13,18H,3,8-10H2,1-2H3. The molecule has 1 N–H and O–H groups in total. The summed E-state index contributed by atoms with van der Waals surface area (Å²) in [4.78, 5) is 4.58. The van der Waals surface area contributed by atoms with Gasteiger partial charge < -0.3 is 5.32 Å². The minimum Gasteiger partial charge on any atom is -0.316 e. The normalized spacial score (nSPS) is 12.6. The molecule has 108 valence electrons. The molecule has 2 nitrogen and oxygen atoms in total. The van der Waals surface area contributed by atoms with Gasteiger partial charge in [-0.25, -0.2) is 4.98 Å². The first-order valence-corrected chi connectivity index (χ1v) is 8.32. The molecule has 1 unspecified atom stereocenters. The fourth-order valence-corrected chi connectivity index (χ4v) is 3.22. The van der Waals surface area contributed by atoms with Gasteiger partial charge in [0.1, 0.15) is 0 Å². The summed E-state index contributed by atoms with van der Waals surface area (Å²) >= 11 is 8.07. The number of aryl methyl sites for hydroxylation is 1. The molecule has 0 aliphatic heterocycles. The fraction of sp³-hybridized carbons (Fsp3) is 0.438. The smallest absolute Gasteiger partial charge is 0.0897 e. The molecule has 0 amide bonds. The lowest BCUT2D eigenvalue weighted by molar-refractivity contribution is 0.573. The lowest BCUT2D eigenvalue weighted by Gasteiger charge is -2.18. The molecule has 4 heteroatoms. The minimum absolute atomic E-state index is 0.372. The largest absolute Gasteiger partial charge is 0.316 e. The lowest BCUT2D eigenvalue weighted by Crippen LogP contribution is -2.24. The van der Waals surface area contributed by atoms with Gasteiger partial charge in [0.15, 0.2) is 0 Å². The molecule has 0 bridgehead atoms. The summed E-state index contributed by atoms with van der Waals surface area (Å²) in [5, 5.41) is 7.63. The molecule has 20 heavy (non-hydrogen) atoms. The van der Waals surface area contributed by atoms with Crippen molar-refractivity contribution in [1.29, 1.82) is 0 Å². The van der Waals surface area contributed by atoms with E-state index < -0.39 is 0 Å². The third-order valence-electron chi connectivity index (χ3n) is 3.28. The van der Waals surface area contributed by atoms with Crippen LogP contribution in [0, 0.1) is 6.92 Å². The lowest BCUT2D eigenvalue weighted by atomic mass is 9.94. The van der Waals surface area contributed by atoms with Crippen LogP contribution in [0.2, 0.25) is 5.02 Å². The van der Waals surface area contributed by atoms with E-state index in [1.165, 1.54) is 5.56 Å². The monoisotopic (exact) mass is 308 g/mol. The number of nitrogens with zero attached hydrogens (tertiary/aromatic N) is 1. The van der Waals surface area contributed by atoms with Crippen molar-refractivity contribution in [2.45, 2.75) is 32.6 Å². The zero-order valence-electron chi connectivity index (χ0n) is 12.0. The molecule has 0 fully saturated rings. The second-order valence-corrected chi connectivity index (χ2v) is 6.45. The number of benzene rings is 1. The summed E-state index contributed by atoms with van der Waals surface area (Å²) in [7, 11) is 0. The van der Waals surface area contributed by atoms with Crippen LogP contribution in [0.3, 0.4) is 0 Å². The number of rotatable bonds is 7. The van der Waals surface area contributed by atoms with E-state index in [0.717, 1.165) is 41.7 Å². The first-order chi connectivity index (χ1) is 9.70. The number of thiazole rings is 1. The van der Waals surface area contributed by atoms with E-state index in [9.17, 15) is 0 Å². The number of hydrogen-bond acceptors (Lipinski definition) is 3. The molecule has 0 spiro atoms. The van der Waals surface area contributed by atoms with Crippen LogP contribution in [-0.4, -0.2) is 18.1 Å². The highest BCUT2D eigenvalue weighted by atomic mass is 35.5. The third-order valence-corrected chi connectivity index (χ3v) is 4.45. The van der Waals surface area contributed by atoms with E-state index in [1.807, 2.05) is 19.1 Å². The highest BCUT2D eigenvalue weighted by molar-refractivity contribution is 7.09. The number of aromatic nitrogens is 1. The van der Waals surface area contributed by atoms with Crippen LogP contribution in [0.5, 0.6) is 0 Å². The van der Waals surface area contributed by atoms with Crippen molar-refractivity contribution in [3.63, 3.8) is 0 Å². The summed E-state index contributed by atoms with van der Waals surface area (Å²) in [6.45, 7) is 6.21. The summed E-state index contributed by atoms with van der Waals surface area (Å²) in [6, 6.07) is 8.13. The Morgan fingerprint density at radius 2 is 2.15 bits per heavy atom. The van der Waals surface area contributed by atoms with E-state index in [4.69, 9.17) is 11.6 Å². The van der Waals surface area contributed by atoms with Gasteiger partial charge in [-0.2, -0.15) is 0 Å². The van der Waals surface area contributed by atoms with Gasteiger partial charge in [0.05, 0.1) is 10.7 Å². The Kier molecular flexibility index (Phi) is 6.02. The molecular weight excluding hydrogens is 288 g/mol. The van der Waals surface area contributed by atoms with Crippen molar-refractivity contribution in [2.75, 3.05) is 13.1 Å². The van der Waals surface area contributed by atoms with Crippen LogP contribution < -0.4 is 5.32 Å². The Labute approximate surface area is 130 Å². The molecule has 1 atom stereocenters. The third kappa shape index (κ3) is 4.30. The Morgan fingerprint density at radius 1 is 1.35 bits per heavy atom. The summed E-state index contributed by atoms with van der Waals surface area (Å²) < 4.78 is 0. The summed E-state index contributed by atoms with van der Waals surface area (Å²) in [5.41, 5.74) is 2.37. The van der Waals surface area contributed by atoms with Gasteiger partial charge in [-0.3, -0.25) is 0 Å². The molecule has 0 aliphatic rings. The van der Waals surface area contributed by atoms with Gasteiger partial charge in [0.2, 0.25) is 0 Å². The first-order valence-electron chi connectivity index (χ1n) is 7.06. The Bertz CT molecular complexity index is 539. The van der Waals surface area contributed by atoms with Gasteiger partial charge in [0, 0.05) is 22.9 Å². The van der Waals surface area contributed by atoms with E-state index >= 15 is 0 Å². The highest BCUT2D eigenvalue weighted by Crippen LogP contribution is 2.27. The molecule has 0 saturated carbocycles. The van der Waals surface area contributed by atoms with Crippen LogP contribution in [-0.2, 0) is 6.42 Å². The average Bonchev–Trinajstić information content (AvgIpc) is 2.84. The van der Waals surface area contributed by atoms with Crippen LogP contribution in [0.4, 0.5) is 0 Å². The van der Waals surface area contributed by atoms with Gasteiger partial charge in [0.25, 0.3) is 0 Å². The second-order valence-electron chi connectivity index (χ2n) is 4.98. The van der Waals surface area contributed by atoms with E-state index in [0.29, 0.717) is 5.92 Å². The van der Waals surface area contributed by atoms with Crippen LogP contribution in [0.15, 0.2) is 29.6 Å². The molecule has 1 aromatic carbocycles. The maximum atomic E-state index is 6.36. The van der Waals surface area contributed by atoms with Crippen molar-refractivity contribution in [3.8, 4) is 0 Å². The zero-order chi connectivity index (χ0) is 14.4. The predicted molar refractivity (Wildman–Crippen MR) is 87.9 cm³/mol. The van der Waals surface area contributed by atoms with Gasteiger partial charge in [-0.15, -0.1) is 11.3 Å². The first kappa shape index (κ1) is 15.5. The van der Waals surface area contributed by atoms with E-state index in [-0.39, 0.29) is 0 Å². The number of hydrogen-bond donors (Lipinski definition) is 1. The van der Waals surface area contributed by atoms with Crippen molar-refractivity contribution in [1.82, 2.24) is 10.3 Å². The zero-order valence-corrected chi connectivity index (χ0v) is 13.6. The molecule has 2 rings (SSSR count). The van der Waals surface area contributed by atoms with Crippen molar-refractivity contribution >= 4 is 22.9 Å². The molecular formula is C16H21ClN2S. The molecule has 2 aromatic rings. The van der Waals surface area contributed by atoms with Crippen molar-refractivity contribution < 1.29 is 0 Å². The Morgan fingerprint density at radius 3 is 2.80 bits per heavy atom. The summed E-state index contributed by atoms with van der Waals surface area (Å²) in [6.07, 6.45) is 2.08. The molecule has 0 radical (unpaired) electrons. The molecule has 1 heterocycles. The van der Waals surface area contributed by atoms with Gasteiger partial charge in [-0.05, 0) is 37.9 Å². The number of halogens is 1. The summed E-state index contributed by atoms with van der Waals surface area (Å²) in [5.74, 6) is 0.372.